The van der Waals surface area contributed by atoms with Crippen LogP contribution in [0.4, 0.5) is 0 Å². The van der Waals surface area contributed by atoms with E-state index in [-0.39, 0.29) is 17.9 Å². The van der Waals surface area contributed by atoms with Gasteiger partial charge in [0.15, 0.2) is 0 Å². The number of amides is 2. The average Bonchev–Trinajstić information content (AvgIpc) is 2.80. The highest BCUT2D eigenvalue weighted by molar-refractivity contribution is 5.97. The third-order valence-electron chi connectivity index (χ3n) is 5.33. The fraction of sp³-hybridized carbons (Fsp3) is 0.526. The first kappa shape index (κ1) is 17.5. The summed E-state index contributed by atoms with van der Waals surface area (Å²) in [5.74, 6) is -1.44. The van der Waals surface area contributed by atoms with E-state index in [0.29, 0.717) is 19.3 Å². The maximum Gasteiger partial charge on any atom is 0.326 e. The zero-order chi connectivity index (χ0) is 18.4. The monoisotopic (exact) mass is 344 g/mol. The molecule has 2 saturated heterocycles. The van der Waals surface area contributed by atoms with E-state index in [1.165, 1.54) is 10.5 Å². The molecule has 1 aromatic rings. The van der Waals surface area contributed by atoms with Crippen LogP contribution in [0.5, 0.6) is 0 Å². The highest BCUT2D eigenvalue weighted by Crippen LogP contribution is 2.46. The summed E-state index contributed by atoms with van der Waals surface area (Å²) < 4.78 is 0. The number of hydrogen-bond acceptors (Lipinski definition) is 3. The van der Waals surface area contributed by atoms with Crippen LogP contribution in [-0.2, 0) is 20.8 Å². The van der Waals surface area contributed by atoms with Gasteiger partial charge in [0, 0.05) is 6.42 Å². The van der Waals surface area contributed by atoms with Crippen LogP contribution in [0.25, 0.3) is 0 Å². The maximum atomic E-state index is 12.3. The molecule has 25 heavy (non-hydrogen) atoms. The molecule has 2 amide bonds. The summed E-state index contributed by atoms with van der Waals surface area (Å²) in [6.45, 7) is 5.72. The van der Waals surface area contributed by atoms with E-state index < -0.39 is 23.5 Å². The lowest BCUT2D eigenvalue weighted by Gasteiger charge is -2.44. The summed E-state index contributed by atoms with van der Waals surface area (Å²) >= 11 is 0. The first-order chi connectivity index (χ1) is 11.7. The second-order valence-electron chi connectivity index (χ2n) is 7.78. The van der Waals surface area contributed by atoms with Crippen molar-refractivity contribution in [3.8, 4) is 0 Å². The quantitative estimate of drug-likeness (QED) is 0.793. The van der Waals surface area contributed by atoms with Crippen LogP contribution in [-0.4, -0.2) is 45.9 Å². The van der Waals surface area contributed by atoms with Crippen molar-refractivity contribution in [1.29, 1.82) is 0 Å². The second-order valence-corrected chi connectivity index (χ2v) is 7.78. The number of rotatable bonds is 5. The van der Waals surface area contributed by atoms with Crippen molar-refractivity contribution in [3.05, 3.63) is 35.4 Å². The van der Waals surface area contributed by atoms with Gasteiger partial charge in [-0.25, -0.2) is 4.79 Å². The predicted octanol–water partition coefficient (Wildman–Crippen LogP) is 1.51. The highest BCUT2D eigenvalue weighted by atomic mass is 16.4. The Morgan fingerprint density at radius 3 is 2.52 bits per heavy atom. The van der Waals surface area contributed by atoms with Crippen LogP contribution >= 0.6 is 0 Å². The number of fused-ring (bicyclic) bond motifs is 1. The van der Waals surface area contributed by atoms with Gasteiger partial charge < -0.3 is 15.3 Å². The maximum absolute atomic E-state index is 12.3. The number of carboxylic acid groups (broad SMARTS) is 1. The topological polar surface area (TPSA) is 86.7 Å². The largest absolute Gasteiger partial charge is 0.480 e. The molecule has 0 unspecified atom stereocenters. The third-order valence-corrected chi connectivity index (χ3v) is 5.33. The summed E-state index contributed by atoms with van der Waals surface area (Å²) in [6.07, 6.45) is 1.51. The van der Waals surface area contributed by atoms with Gasteiger partial charge in [0.2, 0.25) is 11.8 Å². The van der Waals surface area contributed by atoms with Crippen LogP contribution < -0.4 is 5.32 Å². The molecule has 2 N–H and O–H groups in total. The van der Waals surface area contributed by atoms with Gasteiger partial charge in [0.25, 0.3) is 0 Å². The van der Waals surface area contributed by atoms with Crippen molar-refractivity contribution in [1.82, 2.24) is 10.2 Å². The Morgan fingerprint density at radius 1 is 1.28 bits per heavy atom. The molecule has 0 aliphatic carbocycles. The first-order valence-corrected chi connectivity index (χ1v) is 8.60. The summed E-state index contributed by atoms with van der Waals surface area (Å²) in [5.41, 5.74) is 1.76. The number of hydrogen-bond donors (Lipinski definition) is 2. The number of carbonyl (C=O) groups is 3. The lowest BCUT2D eigenvalue weighted by Crippen LogP contribution is -2.70. The molecule has 134 valence electrons. The van der Waals surface area contributed by atoms with Gasteiger partial charge in [-0.2, -0.15) is 0 Å². The van der Waals surface area contributed by atoms with E-state index in [1.807, 2.05) is 45.0 Å². The Balaban J connectivity index is 1.57. The summed E-state index contributed by atoms with van der Waals surface area (Å²) in [6, 6.07) is 6.39. The summed E-state index contributed by atoms with van der Waals surface area (Å²) in [5, 5.41) is 12.2. The first-order valence-electron chi connectivity index (χ1n) is 8.60. The van der Waals surface area contributed by atoms with Gasteiger partial charge in [-0.3, -0.25) is 9.59 Å². The summed E-state index contributed by atoms with van der Waals surface area (Å²) in [7, 11) is 0. The van der Waals surface area contributed by atoms with Gasteiger partial charge in [0.05, 0.1) is 6.04 Å². The molecule has 2 fully saturated rings. The van der Waals surface area contributed by atoms with Crippen LogP contribution in [0.3, 0.4) is 0 Å². The van der Waals surface area contributed by atoms with E-state index in [0.717, 1.165) is 5.56 Å². The molecule has 2 aliphatic heterocycles. The SMILES string of the molecule is Cc1ccc(CCC(=O)N[C@@H]2C(=O)N3[C@@H]2CC(C)(C)[C@@H]3C(=O)O)cc1. The minimum atomic E-state index is -0.981. The predicted molar refractivity (Wildman–Crippen MR) is 91.9 cm³/mol. The van der Waals surface area contributed by atoms with E-state index >= 15 is 0 Å². The number of benzene rings is 1. The van der Waals surface area contributed by atoms with Crippen molar-refractivity contribution in [3.63, 3.8) is 0 Å². The number of β-lactam (4-membered cyclic amide) rings is 1. The fourth-order valence-electron chi connectivity index (χ4n) is 4.00. The highest BCUT2D eigenvalue weighted by Gasteiger charge is 2.63. The van der Waals surface area contributed by atoms with Crippen LogP contribution in [0.2, 0.25) is 0 Å². The Kier molecular flexibility index (Phi) is 4.31. The number of aryl methyl sites for hydroxylation is 2. The van der Waals surface area contributed by atoms with Crippen molar-refractivity contribution >= 4 is 17.8 Å². The smallest absolute Gasteiger partial charge is 0.326 e. The van der Waals surface area contributed by atoms with E-state index in [1.54, 1.807) is 0 Å². The molecule has 0 saturated carbocycles. The molecule has 0 bridgehead atoms. The van der Waals surface area contributed by atoms with Crippen molar-refractivity contribution in [2.45, 2.75) is 58.2 Å². The molecule has 2 aliphatic rings. The molecular weight excluding hydrogens is 320 g/mol. The van der Waals surface area contributed by atoms with Gasteiger partial charge >= 0.3 is 5.97 Å². The van der Waals surface area contributed by atoms with E-state index in [4.69, 9.17) is 0 Å². The number of carboxylic acids is 1. The Hall–Kier alpha value is -2.37. The Morgan fingerprint density at radius 2 is 1.92 bits per heavy atom. The summed E-state index contributed by atoms with van der Waals surface area (Å²) in [4.78, 5) is 37.4. The Bertz CT molecular complexity index is 711. The van der Waals surface area contributed by atoms with Gasteiger partial charge in [-0.1, -0.05) is 43.7 Å². The standard InChI is InChI=1S/C19H24N2O4/c1-11-4-6-12(7-5-11)8-9-14(22)20-15-13-10-19(2,3)16(18(24)25)21(13)17(15)23/h4-7,13,15-16H,8-10H2,1-3H3,(H,20,22)(H,24,25)/t13-,15+,16+/m1/s1. The van der Waals surface area contributed by atoms with Crippen molar-refractivity contribution < 1.29 is 19.5 Å². The molecular formula is C19H24N2O4. The molecule has 6 heteroatoms. The van der Waals surface area contributed by atoms with Crippen LogP contribution in [0.15, 0.2) is 24.3 Å². The molecule has 3 atom stereocenters. The zero-order valence-electron chi connectivity index (χ0n) is 14.8. The number of carbonyl (C=O) groups excluding carboxylic acids is 2. The molecule has 3 rings (SSSR count). The average molecular weight is 344 g/mol. The fourth-order valence-corrected chi connectivity index (χ4v) is 4.00. The van der Waals surface area contributed by atoms with Gasteiger partial charge in [-0.15, -0.1) is 0 Å². The number of nitrogens with zero attached hydrogens (tertiary/aromatic N) is 1. The van der Waals surface area contributed by atoms with Gasteiger partial charge in [-0.05, 0) is 30.7 Å². The van der Waals surface area contributed by atoms with Crippen molar-refractivity contribution in [2.24, 2.45) is 5.41 Å². The molecule has 2 heterocycles. The third kappa shape index (κ3) is 3.13. The minimum absolute atomic E-state index is 0.171. The molecule has 0 radical (unpaired) electrons. The lowest BCUT2D eigenvalue weighted by molar-refractivity contribution is -0.163. The second kappa shape index (κ2) is 6.17. The van der Waals surface area contributed by atoms with Crippen LogP contribution in [0, 0.1) is 12.3 Å². The van der Waals surface area contributed by atoms with Gasteiger partial charge in [0.1, 0.15) is 12.1 Å². The molecule has 1 aromatic carbocycles. The van der Waals surface area contributed by atoms with E-state index in [9.17, 15) is 19.5 Å². The molecule has 6 nitrogen and oxygen atoms in total. The Labute approximate surface area is 147 Å². The minimum Gasteiger partial charge on any atom is -0.480 e. The molecule has 0 aromatic heterocycles. The number of nitrogens with one attached hydrogen (secondary N) is 1. The number of aliphatic carboxylic acids is 1. The van der Waals surface area contributed by atoms with Crippen LogP contribution in [0.1, 0.15) is 37.8 Å². The van der Waals surface area contributed by atoms with Crippen molar-refractivity contribution in [2.75, 3.05) is 0 Å². The normalized spacial score (nSPS) is 26.8. The molecule has 0 spiro atoms. The van der Waals surface area contributed by atoms with E-state index in [2.05, 4.69) is 5.32 Å². The lowest BCUT2D eigenvalue weighted by atomic mass is 9.83. The zero-order valence-corrected chi connectivity index (χ0v) is 14.8.